The molecule has 0 unspecified atom stereocenters. The van der Waals surface area contributed by atoms with Gasteiger partial charge in [0.05, 0.1) is 5.88 Å². The molecule has 2 aromatic rings. The molecule has 0 aromatic heterocycles. The first-order valence-electron chi connectivity index (χ1n) is 6.24. The number of aryl methyl sites for hydroxylation is 2. The van der Waals surface area contributed by atoms with E-state index in [-0.39, 0.29) is 5.82 Å². The fourth-order valence-electron chi connectivity index (χ4n) is 2.08. The third-order valence-corrected chi connectivity index (χ3v) is 3.88. The lowest BCUT2D eigenvalue weighted by atomic mass is 10.1. The Hall–Kier alpha value is -1.06. The predicted octanol–water partition coefficient (Wildman–Crippen LogP) is 5.52. The molecule has 0 N–H and O–H groups in total. The van der Waals surface area contributed by atoms with Gasteiger partial charge in [-0.05, 0) is 54.8 Å². The van der Waals surface area contributed by atoms with E-state index in [4.69, 9.17) is 16.3 Å². The van der Waals surface area contributed by atoms with E-state index < -0.39 is 0 Å². The Balaban J connectivity index is 2.22. The summed E-state index contributed by atoms with van der Waals surface area (Å²) in [7, 11) is 0. The van der Waals surface area contributed by atoms with Crippen molar-refractivity contribution in [3.05, 3.63) is 62.9 Å². The van der Waals surface area contributed by atoms with Gasteiger partial charge in [0.15, 0.2) is 0 Å². The van der Waals surface area contributed by atoms with Gasteiger partial charge in [-0.2, -0.15) is 0 Å². The highest BCUT2D eigenvalue weighted by Crippen LogP contribution is 2.30. The van der Waals surface area contributed by atoms with Gasteiger partial charge in [0, 0.05) is 10.0 Å². The molecule has 0 radical (unpaired) electrons. The van der Waals surface area contributed by atoms with Crippen molar-refractivity contribution >= 4 is 27.5 Å². The summed E-state index contributed by atoms with van der Waals surface area (Å²) in [4.78, 5) is 0. The van der Waals surface area contributed by atoms with Gasteiger partial charge in [-0.15, -0.1) is 11.6 Å². The number of hydrogen-bond donors (Lipinski definition) is 0. The molecule has 0 spiro atoms. The minimum atomic E-state index is -0.229. The summed E-state index contributed by atoms with van der Waals surface area (Å²) in [6.45, 7) is 4.25. The number of hydrogen-bond acceptors (Lipinski definition) is 1. The zero-order valence-electron chi connectivity index (χ0n) is 11.3. The molecular weight excluding hydrogens is 343 g/mol. The highest BCUT2D eigenvalue weighted by molar-refractivity contribution is 9.10. The van der Waals surface area contributed by atoms with Gasteiger partial charge < -0.3 is 4.74 Å². The van der Waals surface area contributed by atoms with Crippen LogP contribution in [-0.4, -0.2) is 0 Å². The zero-order chi connectivity index (χ0) is 14.7. The summed E-state index contributed by atoms with van der Waals surface area (Å²) >= 11 is 9.41. The molecule has 0 amide bonds. The molecule has 0 saturated heterocycles. The molecule has 0 fully saturated rings. The van der Waals surface area contributed by atoms with Gasteiger partial charge in [0.25, 0.3) is 0 Å². The first-order chi connectivity index (χ1) is 9.51. The molecule has 0 aliphatic carbocycles. The van der Waals surface area contributed by atoms with Crippen molar-refractivity contribution < 1.29 is 9.13 Å². The molecule has 0 saturated carbocycles. The smallest absolute Gasteiger partial charge is 0.127 e. The van der Waals surface area contributed by atoms with Crippen molar-refractivity contribution in [1.82, 2.24) is 0 Å². The molecule has 0 atom stereocenters. The Labute approximate surface area is 131 Å². The van der Waals surface area contributed by atoms with Crippen molar-refractivity contribution in [2.75, 3.05) is 0 Å². The maximum Gasteiger partial charge on any atom is 0.127 e. The van der Waals surface area contributed by atoms with E-state index in [1.165, 1.54) is 12.1 Å². The lowest BCUT2D eigenvalue weighted by Crippen LogP contribution is -2.02. The van der Waals surface area contributed by atoms with Crippen LogP contribution < -0.4 is 4.74 Å². The van der Waals surface area contributed by atoms with Crippen LogP contribution in [0, 0.1) is 19.7 Å². The SMILES string of the molecule is Cc1cc(F)ccc1COc1c(C)cc(Br)cc1CCl. The van der Waals surface area contributed by atoms with Crippen molar-refractivity contribution in [3.63, 3.8) is 0 Å². The number of alkyl halides is 1. The van der Waals surface area contributed by atoms with E-state index in [1.807, 2.05) is 26.0 Å². The van der Waals surface area contributed by atoms with Crippen LogP contribution in [0.5, 0.6) is 5.75 Å². The van der Waals surface area contributed by atoms with Gasteiger partial charge in [-0.1, -0.05) is 22.0 Å². The van der Waals surface area contributed by atoms with E-state index in [9.17, 15) is 4.39 Å². The van der Waals surface area contributed by atoms with Gasteiger partial charge in [0.1, 0.15) is 18.2 Å². The molecule has 2 aromatic carbocycles. The van der Waals surface area contributed by atoms with Crippen LogP contribution in [0.15, 0.2) is 34.8 Å². The highest BCUT2D eigenvalue weighted by atomic mass is 79.9. The summed E-state index contributed by atoms with van der Waals surface area (Å²) in [5.41, 5.74) is 3.81. The first kappa shape index (κ1) is 15.3. The lowest BCUT2D eigenvalue weighted by molar-refractivity contribution is 0.300. The second-order valence-electron chi connectivity index (χ2n) is 4.70. The van der Waals surface area contributed by atoms with Gasteiger partial charge >= 0.3 is 0 Å². The summed E-state index contributed by atoms with van der Waals surface area (Å²) in [6, 6.07) is 8.65. The van der Waals surface area contributed by atoms with Gasteiger partial charge in [0.2, 0.25) is 0 Å². The Morgan fingerprint density at radius 2 is 1.85 bits per heavy atom. The number of rotatable bonds is 4. The molecule has 1 nitrogen and oxygen atoms in total. The van der Waals surface area contributed by atoms with Crippen molar-refractivity contribution in [1.29, 1.82) is 0 Å². The van der Waals surface area contributed by atoms with Crippen LogP contribution in [0.1, 0.15) is 22.3 Å². The van der Waals surface area contributed by atoms with Crippen LogP contribution in [0.2, 0.25) is 0 Å². The minimum Gasteiger partial charge on any atom is -0.488 e. The Kier molecular flexibility index (Phi) is 5.06. The second-order valence-corrected chi connectivity index (χ2v) is 5.89. The number of halogens is 3. The van der Waals surface area contributed by atoms with E-state index in [0.717, 1.165) is 32.5 Å². The van der Waals surface area contributed by atoms with E-state index in [2.05, 4.69) is 15.9 Å². The summed E-state index contributed by atoms with van der Waals surface area (Å²) in [6.07, 6.45) is 0. The standard InChI is InChI=1S/C16H15BrClFO/c1-10-6-15(19)4-3-12(10)9-20-16-11(2)5-14(17)7-13(16)8-18/h3-7H,8-9H2,1-2H3. The predicted molar refractivity (Wildman–Crippen MR) is 83.9 cm³/mol. The van der Waals surface area contributed by atoms with Crippen LogP contribution in [0.3, 0.4) is 0 Å². The number of ether oxygens (including phenoxy) is 1. The second kappa shape index (κ2) is 6.59. The average molecular weight is 358 g/mol. The largest absolute Gasteiger partial charge is 0.488 e. The molecule has 2 rings (SSSR count). The average Bonchev–Trinajstić information content (AvgIpc) is 2.38. The molecular formula is C16H15BrClFO. The summed E-state index contributed by atoms with van der Waals surface area (Å²) in [5, 5.41) is 0. The highest BCUT2D eigenvalue weighted by Gasteiger charge is 2.09. The van der Waals surface area contributed by atoms with Crippen molar-refractivity contribution in [3.8, 4) is 5.75 Å². The summed E-state index contributed by atoms with van der Waals surface area (Å²) < 4.78 is 19.9. The monoisotopic (exact) mass is 356 g/mol. The normalized spacial score (nSPS) is 10.7. The van der Waals surface area contributed by atoms with E-state index in [0.29, 0.717) is 12.5 Å². The molecule has 106 valence electrons. The van der Waals surface area contributed by atoms with Crippen molar-refractivity contribution in [2.45, 2.75) is 26.3 Å². The lowest BCUT2D eigenvalue weighted by Gasteiger charge is -2.14. The molecule has 0 aliphatic heterocycles. The molecule has 0 bridgehead atoms. The Morgan fingerprint density at radius 3 is 2.50 bits per heavy atom. The maximum atomic E-state index is 13.1. The van der Waals surface area contributed by atoms with Crippen LogP contribution in [0.25, 0.3) is 0 Å². The first-order valence-corrected chi connectivity index (χ1v) is 7.57. The third kappa shape index (κ3) is 3.53. The minimum absolute atomic E-state index is 0.229. The fourth-order valence-corrected chi connectivity index (χ4v) is 2.89. The van der Waals surface area contributed by atoms with Crippen LogP contribution >= 0.6 is 27.5 Å². The number of benzene rings is 2. The van der Waals surface area contributed by atoms with Crippen LogP contribution in [-0.2, 0) is 12.5 Å². The molecule has 0 heterocycles. The Morgan fingerprint density at radius 1 is 1.10 bits per heavy atom. The van der Waals surface area contributed by atoms with Crippen LogP contribution in [0.4, 0.5) is 4.39 Å². The topological polar surface area (TPSA) is 9.23 Å². The third-order valence-electron chi connectivity index (χ3n) is 3.14. The maximum absolute atomic E-state index is 13.1. The van der Waals surface area contributed by atoms with Crippen molar-refractivity contribution in [2.24, 2.45) is 0 Å². The zero-order valence-corrected chi connectivity index (χ0v) is 13.7. The fraction of sp³-hybridized carbons (Fsp3) is 0.250. The van der Waals surface area contributed by atoms with E-state index in [1.54, 1.807) is 6.07 Å². The van der Waals surface area contributed by atoms with E-state index >= 15 is 0 Å². The molecule has 0 aliphatic rings. The van der Waals surface area contributed by atoms with Gasteiger partial charge in [-0.3, -0.25) is 0 Å². The summed E-state index contributed by atoms with van der Waals surface area (Å²) in [5.74, 6) is 0.956. The molecule has 4 heteroatoms. The molecule has 20 heavy (non-hydrogen) atoms. The Bertz CT molecular complexity index is 628. The quantitative estimate of drug-likeness (QED) is 0.654. The van der Waals surface area contributed by atoms with Gasteiger partial charge in [-0.25, -0.2) is 4.39 Å².